The first kappa shape index (κ1) is 12.1. The molecule has 2 heterocycles. The van der Waals surface area contributed by atoms with Crippen molar-refractivity contribution in [3.63, 3.8) is 0 Å². The summed E-state index contributed by atoms with van der Waals surface area (Å²) in [5, 5.41) is 6.63. The van der Waals surface area contributed by atoms with Crippen molar-refractivity contribution >= 4 is 11.3 Å². The maximum atomic E-state index is 4.32. The zero-order valence-electron chi connectivity index (χ0n) is 10.00. The monoisotopic (exact) mass is 248 g/mol. The van der Waals surface area contributed by atoms with Gasteiger partial charge < -0.3 is 5.32 Å². The molecule has 0 aromatic carbocycles. The van der Waals surface area contributed by atoms with E-state index in [1.54, 1.807) is 29.9 Å². The van der Waals surface area contributed by atoms with Gasteiger partial charge in [0, 0.05) is 48.7 Å². The van der Waals surface area contributed by atoms with Gasteiger partial charge in [-0.1, -0.05) is 6.92 Å². The summed E-state index contributed by atoms with van der Waals surface area (Å²) in [6.07, 6.45) is 7.06. The Balaban J connectivity index is 1.86. The Morgan fingerprint density at radius 2 is 2.12 bits per heavy atom. The number of thiazole rings is 1. The van der Waals surface area contributed by atoms with Crippen LogP contribution in [0.5, 0.6) is 0 Å². The average Bonchev–Trinajstić information content (AvgIpc) is 2.90. The molecule has 90 valence electrons. The van der Waals surface area contributed by atoms with Crippen LogP contribution in [0.1, 0.15) is 36.5 Å². The van der Waals surface area contributed by atoms with Crippen LogP contribution in [0, 0.1) is 0 Å². The van der Waals surface area contributed by atoms with Gasteiger partial charge in [0.05, 0.1) is 10.7 Å². The maximum Gasteiger partial charge on any atom is 0.0965 e. The van der Waals surface area contributed by atoms with E-state index in [-0.39, 0.29) is 6.04 Å². The van der Waals surface area contributed by atoms with E-state index in [9.17, 15) is 0 Å². The largest absolute Gasteiger partial charge is 0.308 e. The minimum absolute atomic E-state index is 0.214. The third-order valence-electron chi connectivity index (χ3n) is 2.63. The van der Waals surface area contributed by atoms with Gasteiger partial charge in [-0.15, -0.1) is 11.3 Å². The van der Waals surface area contributed by atoms with Gasteiger partial charge in [-0.25, -0.2) is 4.98 Å². The van der Waals surface area contributed by atoms with E-state index in [1.807, 2.05) is 11.6 Å². The standard InChI is InChI=1S/C12H16N4S/c1-9(12-15-5-6-17-12)7-16-10(2)11-8-13-3-4-14-11/h3-6,8-10,16H,7H2,1-2H3. The van der Waals surface area contributed by atoms with Crippen LogP contribution in [0.15, 0.2) is 30.2 Å². The summed E-state index contributed by atoms with van der Waals surface area (Å²) >= 11 is 1.70. The van der Waals surface area contributed by atoms with E-state index < -0.39 is 0 Å². The summed E-state index contributed by atoms with van der Waals surface area (Å²) in [4.78, 5) is 12.7. The van der Waals surface area contributed by atoms with E-state index in [1.165, 1.54) is 5.01 Å². The van der Waals surface area contributed by atoms with Crippen LogP contribution in [0.2, 0.25) is 0 Å². The topological polar surface area (TPSA) is 50.7 Å². The van der Waals surface area contributed by atoms with Crippen LogP contribution >= 0.6 is 11.3 Å². The molecule has 17 heavy (non-hydrogen) atoms. The third kappa shape index (κ3) is 3.31. The number of rotatable bonds is 5. The fourth-order valence-corrected chi connectivity index (χ4v) is 2.26. The van der Waals surface area contributed by atoms with E-state index in [0.29, 0.717) is 5.92 Å². The van der Waals surface area contributed by atoms with Crippen molar-refractivity contribution in [2.75, 3.05) is 6.54 Å². The number of aromatic nitrogens is 3. The Bertz CT molecular complexity index is 429. The molecule has 2 unspecified atom stereocenters. The van der Waals surface area contributed by atoms with Gasteiger partial charge in [-0.2, -0.15) is 0 Å². The molecule has 0 fully saturated rings. The highest BCUT2D eigenvalue weighted by molar-refractivity contribution is 7.09. The molecule has 0 bridgehead atoms. The smallest absolute Gasteiger partial charge is 0.0965 e. The van der Waals surface area contributed by atoms with Gasteiger partial charge >= 0.3 is 0 Å². The van der Waals surface area contributed by atoms with Crippen molar-refractivity contribution in [1.82, 2.24) is 20.3 Å². The van der Waals surface area contributed by atoms with Gasteiger partial charge in [0.1, 0.15) is 0 Å². The second-order valence-electron chi connectivity index (χ2n) is 4.03. The summed E-state index contributed by atoms with van der Waals surface area (Å²) in [5.41, 5.74) is 0.971. The van der Waals surface area contributed by atoms with E-state index >= 15 is 0 Å². The molecule has 2 atom stereocenters. The molecule has 1 N–H and O–H groups in total. The lowest BCUT2D eigenvalue weighted by atomic mass is 10.1. The van der Waals surface area contributed by atoms with Gasteiger partial charge in [0.2, 0.25) is 0 Å². The van der Waals surface area contributed by atoms with Crippen LogP contribution in [0.25, 0.3) is 0 Å². The average molecular weight is 248 g/mol. The molecule has 0 aliphatic heterocycles. The molecule has 5 heteroatoms. The predicted octanol–water partition coefficient (Wildman–Crippen LogP) is 2.39. The van der Waals surface area contributed by atoms with Crippen molar-refractivity contribution in [2.45, 2.75) is 25.8 Å². The van der Waals surface area contributed by atoms with E-state index in [4.69, 9.17) is 0 Å². The Morgan fingerprint density at radius 3 is 2.76 bits per heavy atom. The first-order chi connectivity index (χ1) is 8.27. The summed E-state index contributed by atoms with van der Waals surface area (Å²) in [6, 6.07) is 0.214. The van der Waals surface area contributed by atoms with Gasteiger partial charge in [0.15, 0.2) is 0 Å². The summed E-state index contributed by atoms with van der Waals surface area (Å²) in [5.74, 6) is 0.425. The summed E-state index contributed by atoms with van der Waals surface area (Å²) in [6.45, 7) is 5.17. The van der Waals surface area contributed by atoms with Gasteiger partial charge in [0.25, 0.3) is 0 Å². The molecule has 4 nitrogen and oxygen atoms in total. The lowest BCUT2D eigenvalue weighted by Crippen LogP contribution is -2.24. The lowest BCUT2D eigenvalue weighted by molar-refractivity contribution is 0.525. The highest BCUT2D eigenvalue weighted by atomic mass is 32.1. The Kier molecular flexibility index (Phi) is 4.17. The maximum absolute atomic E-state index is 4.32. The molecule has 0 spiro atoms. The molecule has 2 aromatic heterocycles. The number of nitrogens with zero attached hydrogens (tertiary/aromatic N) is 3. The SMILES string of the molecule is CC(CNC(C)c1cnccn1)c1nccs1. The highest BCUT2D eigenvalue weighted by Gasteiger charge is 2.11. The van der Waals surface area contributed by atoms with Crippen molar-refractivity contribution in [3.05, 3.63) is 40.9 Å². The Morgan fingerprint density at radius 1 is 1.24 bits per heavy atom. The molecule has 0 aliphatic rings. The van der Waals surface area contributed by atoms with Crippen molar-refractivity contribution < 1.29 is 0 Å². The zero-order valence-corrected chi connectivity index (χ0v) is 10.8. The number of hydrogen-bond donors (Lipinski definition) is 1. The van der Waals surface area contributed by atoms with Crippen LogP contribution in [0.3, 0.4) is 0 Å². The van der Waals surface area contributed by atoms with E-state index in [0.717, 1.165) is 12.2 Å². The predicted molar refractivity (Wildman–Crippen MR) is 69.0 cm³/mol. The van der Waals surface area contributed by atoms with Crippen LogP contribution < -0.4 is 5.32 Å². The molecular formula is C12H16N4S. The van der Waals surface area contributed by atoms with Gasteiger partial charge in [-0.05, 0) is 6.92 Å². The van der Waals surface area contributed by atoms with Crippen LogP contribution in [-0.4, -0.2) is 21.5 Å². The molecule has 2 rings (SSSR count). The quantitative estimate of drug-likeness (QED) is 0.882. The summed E-state index contributed by atoms with van der Waals surface area (Å²) in [7, 11) is 0. The van der Waals surface area contributed by atoms with Crippen LogP contribution in [-0.2, 0) is 0 Å². The molecular weight excluding hydrogens is 232 g/mol. The second kappa shape index (κ2) is 5.84. The normalized spacial score (nSPS) is 14.5. The highest BCUT2D eigenvalue weighted by Crippen LogP contribution is 2.17. The van der Waals surface area contributed by atoms with E-state index in [2.05, 4.69) is 34.1 Å². The second-order valence-corrected chi connectivity index (χ2v) is 4.96. The molecule has 0 saturated carbocycles. The molecule has 2 aromatic rings. The minimum atomic E-state index is 0.214. The first-order valence-electron chi connectivity index (χ1n) is 5.66. The fourth-order valence-electron chi connectivity index (χ4n) is 1.56. The Hall–Kier alpha value is -1.33. The van der Waals surface area contributed by atoms with Crippen molar-refractivity contribution in [3.8, 4) is 0 Å². The Labute approximate surface area is 105 Å². The number of nitrogens with one attached hydrogen (secondary N) is 1. The first-order valence-corrected chi connectivity index (χ1v) is 6.54. The summed E-state index contributed by atoms with van der Waals surface area (Å²) < 4.78 is 0. The zero-order chi connectivity index (χ0) is 12.1. The number of hydrogen-bond acceptors (Lipinski definition) is 5. The molecule has 0 saturated heterocycles. The van der Waals surface area contributed by atoms with Crippen molar-refractivity contribution in [1.29, 1.82) is 0 Å². The minimum Gasteiger partial charge on any atom is -0.308 e. The fraction of sp³-hybridized carbons (Fsp3) is 0.417. The lowest BCUT2D eigenvalue weighted by Gasteiger charge is -2.15. The molecule has 0 amide bonds. The van der Waals surface area contributed by atoms with Crippen LogP contribution in [0.4, 0.5) is 0 Å². The van der Waals surface area contributed by atoms with Gasteiger partial charge in [-0.3, -0.25) is 9.97 Å². The van der Waals surface area contributed by atoms with Crippen molar-refractivity contribution in [2.24, 2.45) is 0 Å². The molecule has 0 radical (unpaired) electrons. The third-order valence-corrected chi connectivity index (χ3v) is 3.64. The molecule has 0 aliphatic carbocycles.